The van der Waals surface area contributed by atoms with E-state index >= 15 is 0 Å². The predicted molar refractivity (Wildman–Crippen MR) is 287 cm³/mol. The van der Waals surface area contributed by atoms with Crippen LogP contribution in [0.25, 0.3) is 0 Å². The molecule has 2 aromatic carbocycles. The molecule has 3 aliphatic rings. The van der Waals surface area contributed by atoms with E-state index in [4.69, 9.17) is 28.7 Å². The van der Waals surface area contributed by atoms with Crippen molar-refractivity contribution in [2.45, 2.75) is 139 Å². The van der Waals surface area contributed by atoms with Crippen LogP contribution in [0.4, 0.5) is 0 Å². The first-order valence-electron chi connectivity index (χ1n) is 26.4. The maximum Gasteiger partial charge on any atom is 0.326 e. The minimum Gasteiger partial charge on any atom is -0.480 e. The number of nitrogens with two attached hydrogens (primary N) is 5. The van der Waals surface area contributed by atoms with Crippen LogP contribution in [0.1, 0.15) is 88.3 Å². The standard InChI is InChI=1S/C52H77N15O11/c1-3-30(2)42(50(77)78)64-46(73)40-26-32-15-7-8-16-33(32)28-67(40)48(75)37(29-68)63-44(71)36(25-31-13-5-4-6-14-31)61-41(69)27-60-45(72)38-19-11-23-65(38)49(76)39-20-12-24-66(39)47(74)35(18-10-22-59-52(56)57)62-43(70)34(53)17-9-21-58-51(54)55/h4-8,13-16,30,34-40,42,68H,3,9-12,17-29,53H2,1-2H3,(H,60,72)(H,61,69)(H,62,70)(H,63,71)(H,64,73)(H,77,78)(H4,54,55,58)(H4,56,57,59)/t30-,34+,35-,36-,37-,38-,39-,40+,42-/m0/s1. The number of aliphatic hydroxyl groups is 1. The highest BCUT2D eigenvalue weighted by Gasteiger charge is 2.44. The molecule has 0 spiro atoms. The van der Waals surface area contributed by atoms with Gasteiger partial charge in [0, 0.05) is 45.6 Å². The lowest BCUT2D eigenvalue weighted by atomic mass is 9.92. The Bertz CT molecular complexity index is 2510. The van der Waals surface area contributed by atoms with Gasteiger partial charge in [-0.2, -0.15) is 0 Å². The number of rotatable bonds is 27. The van der Waals surface area contributed by atoms with Crippen LogP contribution in [0.3, 0.4) is 0 Å². The maximum atomic E-state index is 14.4. The van der Waals surface area contributed by atoms with E-state index in [-0.39, 0.29) is 83.2 Å². The number of nitrogens with one attached hydrogen (secondary N) is 5. The summed E-state index contributed by atoms with van der Waals surface area (Å²) in [6.07, 6.45) is 2.90. The number of benzene rings is 2. The Labute approximate surface area is 453 Å². The second-order valence-corrected chi connectivity index (χ2v) is 19.9. The molecule has 26 heteroatoms. The smallest absolute Gasteiger partial charge is 0.326 e. The molecule has 0 unspecified atom stereocenters. The summed E-state index contributed by atoms with van der Waals surface area (Å²) in [4.78, 5) is 136. The fraction of sp³-hybridized carbons (Fsp3) is 0.558. The fourth-order valence-corrected chi connectivity index (χ4v) is 9.84. The second-order valence-electron chi connectivity index (χ2n) is 19.9. The lowest BCUT2D eigenvalue weighted by Crippen LogP contribution is -2.62. The molecule has 17 N–H and O–H groups in total. The molecule has 0 aliphatic carbocycles. The highest BCUT2D eigenvalue weighted by Crippen LogP contribution is 2.27. The minimum absolute atomic E-state index is 0.0309. The topological polar surface area (TPSA) is 419 Å². The lowest BCUT2D eigenvalue weighted by Gasteiger charge is -2.38. The van der Waals surface area contributed by atoms with Crippen molar-refractivity contribution in [3.05, 3.63) is 71.3 Å². The highest BCUT2D eigenvalue weighted by atomic mass is 16.4. The third-order valence-electron chi connectivity index (χ3n) is 14.3. The van der Waals surface area contributed by atoms with Crippen LogP contribution in [-0.2, 0) is 62.5 Å². The maximum absolute atomic E-state index is 14.4. The van der Waals surface area contributed by atoms with Crippen LogP contribution in [0, 0.1) is 5.92 Å². The van der Waals surface area contributed by atoms with Crippen molar-refractivity contribution in [1.82, 2.24) is 41.3 Å². The van der Waals surface area contributed by atoms with Crippen molar-refractivity contribution in [2.75, 3.05) is 39.3 Å². The summed E-state index contributed by atoms with van der Waals surface area (Å²) < 4.78 is 0. The average molecular weight is 1090 g/mol. The molecule has 2 saturated heterocycles. The van der Waals surface area contributed by atoms with Crippen LogP contribution >= 0.6 is 0 Å². The van der Waals surface area contributed by atoms with Crippen molar-refractivity contribution >= 4 is 65.1 Å². The Hall–Kier alpha value is -7.87. The number of carbonyl (C=O) groups is 9. The van der Waals surface area contributed by atoms with E-state index in [1.165, 1.54) is 14.7 Å². The number of aliphatic carboxylic acids is 1. The van der Waals surface area contributed by atoms with Gasteiger partial charge in [-0.3, -0.25) is 48.3 Å². The summed E-state index contributed by atoms with van der Waals surface area (Å²) >= 11 is 0. The van der Waals surface area contributed by atoms with E-state index in [0.29, 0.717) is 43.2 Å². The van der Waals surface area contributed by atoms with Crippen molar-refractivity contribution in [2.24, 2.45) is 44.6 Å². The van der Waals surface area contributed by atoms with Gasteiger partial charge in [0.25, 0.3) is 0 Å². The summed E-state index contributed by atoms with van der Waals surface area (Å²) in [5.74, 6) is -7.37. The van der Waals surface area contributed by atoms with Crippen molar-refractivity contribution in [3.63, 3.8) is 0 Å². The number of aliphatic imine (C=N–C) groups is 2. The highest BCUT2D eigenvalue weighted by molar-refractivity contribution is 5.98. The minimum atomic E-state index is -1.60. The summed E-state index contributed by atoms with van der Waals surface area (Å²) in [6.45, 7) is 2.67. The molecular formula is C52H77N15O11. The van der Waals surface area contributed by atoms with Gasteiger partial charge in [0.05, 0.1) is 19.2 Å². The molecule has 9 atom stereocenters. The van der Waals surface area contributed by atoms with Crippen molar-refractivity contribution < 1.29 is 53.4 Å². The number of amides is 8. The van der Waals surface area contributed by atoms with E-state index in [1.54, 1.807) is 68.4 Å². The molecule has 0 aromatic heterocycles. The molecule has 426 valence electrons. The third-order valence-corrected chi connectivity index (χ3v) is 14.3. The van der Waals surface area contributed by atoms with E-state index in [0.717, 1.165) is 5.56 Å². The van der Waals surface area contributed by atoms with E-state index in [9.17, 15) is 53.4 Å². The number of fused-ring (bicyclic) bond motifs is 1. The molecule has 3 heterocycles. The van der Waals surface area contributed by atoms with Gasteiger partial charge in [-0.05, 0) is 74.0 Å². The Balaban J connectivity index is 1.25. The van der Waals surface area contributed by atoms with Crippen LogP contribution in [0.15, 0.2) is 64.6 Å². The van der Waals surface area contributed by atoms with Crippen molar-refractivity contribution in [1.29, 1.82) is 0 Å². The van der Waals surface area contributed by atoms with Gasteiger partial charge in [0.1, 0.15) is 42.3 Å². The van der Waals surface area contributed by atoms with Gasteiger partial charge < -0.3 is 80.2 Å². The Morgan fingerprint density at radius 2 is 1.27 bits per heavy atom. The van der Waals surface area contributed by atoms with E-state index in [1.807, 2.05) is 0 Å². The fourth-order valence-electron chi connectivity index (χ4n) is 9.84. The number of hydrogen-bond donors (Lipinski definition) is 12. The van der Waals surface area contributed by atoms with Crippen LogP contribution in [-0.4, -0.2) is 178 Å². The summed E-state index contributed by atoms with van der Waals surface area (Å²) in [7, 11) is 0. The molecule has 26 nitrogen and oxygen atoms in total. The molecular weight excluding hydrogens is 1010 g/mol. The normalized spacial score (nSPS) is 19.1. The first-order valence-corrected chi connectivity index (χ1v) is 26.4. The molecule has 0 bridgehead atoms. The Morgan fingerprint density at radius 3 is 1.90 bits per heavy atom. The summed E-state index contributed by atoms with van der Waals surface area (Å²) in [5, 5.41) is 33.6. The van der Waals surface area contributed by atoms with Gasteiger partial charge in [-0.1, -0.05) is 74.9 Å². The van der Waals surface area contributed by atoms with Gasteiger partial charge >= 0.3 is 5.97 Å². The quantitative estimate of drug-likeness (QED) is 0.0238. The van der Waals surface area contributed by atoms with Gasteiger partial charge in [0.2, 0.25) is 47.3 Å². The zero-order chi connectivity index (χ0) is 57.1. The number of carboxylic acid groups (broad SMARTS) is 1. The summed E-state index contributed by atoms with van der Waals surface area (Å²) in [6, 6.07) is 6.30. The number of carbonyl (C=O) groups excluding carboxylic acids is 8. The van der Waals surface area contributed by atoms with Crippen LogP contribution in [0.5, 0.6) is 0 Å². The van der Waals surface area contributed by atoms with E-state index in [2.05, 4.69) is 36.6 Å². The van der Waals surface area contributed by atoms with Crippen LogP contribution < -0.4 is 55.3 Å². The monoisotopic (exact) mass is 1090 g/mol. The van der Waals surface area contributed by atoms with Gasteiger partial charge in [-0.15, -0.1) is 0 Å². The zero-order valence-electron chi connectivity index (χ0n) is 44.3. The molecule has 0 saturated carbocycles. The largest absolute Gasteiger partial charge is 0.480 e. The van der Waals surface area contributed by atoms with E-state index < -0.39 is 121 Å². The Kier molecular flexibility index (Phi) is 23.1. The van der Waals surface area contributed by atoms with Gasteiger partial charge in [0.15, 0.2) is 11.9 Å². The number of nitrogens with zero attached hydrogens (tertiary/aromatic N) is 5. The number of aliphatic hydroxyl groups excluding tert-OH is 1. The van der Waals surface area contributed by atoms with Crippen LogP contribution in [0.2, 0.25) is 0 Å². The van der Waals surface area contributed by atoms with Gasteiger partial charge in [-0.25, -0.2) is 4.79 Å². The molecule has 0 radical (unpaired) electrons. The lowest BCUT2D eigenvalue weighted by molar-refractivity contribution is -0.148. The molecule has 2 aromatic rings. The first kappa shape index (κ1) is 61.0. The Morgan fingerprint density at radius 1 is 0.679 bits per heavy atom. The molecule has 3 aliphatic heterocycles. The predicted octanol–water partition coefficient (Wildman–Crippen LogP) is -3.22. The SMILES string of the molecule is CC[C@H](C)[C@H](NC(=O)[C@H]1Cc2ccccc2CN1C(=O)[C@H](CO)NC(=O)[C@H](Cc1ccccc1)NC(=O)CNC(=O)[C@@H]1CCCN1C(=O)[C@@H]1CCCN1C(=O)[C@H](CCCN=C(N)N)NC(=O)[C@H](N)CCCN=C(N)N)C(=O)O. The second kappa shape index (κ2) is 29.6. The zero-order valence-corrected chi connectivity index (χ0v) is 44.3. The average Bonchev–Trinajstić information content (AvgIpc) is 4.16. The number of guanidine groups is 2. The molecule has 5 rings (SSSR count). The molecule has 78 heavy (non-hydrogen) atoms. The summed E-state index contributed by atoms with van der Waals surface area (Å²) in [5.41, 5.74) is 30.0. The molecule has 2 fully saturated rings. The number of likely N-dealkylation sites (tertiary alicyclic amines) is 2. The van der Waals surface area contributed by atoms with Crippen molar-refractivity contribution in [3.8, 4) is 0 Å². The third kappa shape index (κ3) is 17.1. The molecule has 8 amide bonds. The first-order chi connectivity index (χ1) is 37.2. The number of hydrogen-bond acceptors (Lipinski definition) is 13. The number of carboxylic acids is 1.